The molecule has 2 aromatic rings. The molecule has 0 fully saturated rings. The monoisotopic (exact) mass is 469 g/mol. The molecule has 6 heteroatoms. The Kier molecular flexibility index (Phi) is 7.78. The van der Waals surface area contributed by atoms with Crippen LogP contribution in [0.4, 0.5) is 0 Å². The van der Waals surface area contributed by atoms with Crippen molar-refractivity contribution >= 4 is 29.2 Å². The summed E-state index contributed by atoms with van der Waals surface area (Å²) in [6, 6.07) is 6.92. The maximum Gasteiger partial charge on any atom is 0.328 e. The zero-order valence-corrected chi connectivity index (χ0v) is 14.9. The molecule has 0 saturated heterocycles. The Hall–Kier alpha value is -1.71. The van der Waals surface area contributed by atoms with Gasteiger partial charge < -0.3 is 15.3 Å². The Morgan fingerprint density at radius 2 is 2.18 bits per heavy atom. The van der Waals surface area contributed by atoms with Crippen molar-refractivity contribution in [2.45, 2.75) is 18.9 Å². The number of nitrogens with zero attached hydrogens (tertiary/aromatic N) is 1. The van der Waals surface area contributed by atoms with Gasteiger partial charge in [0.25, 0.3) is 0 Å². The van der Waals surface area contributed by atoms with Gasteiger partial charge in [-0.05, 0) is 24.6 Å². The first-order valence-corrected chi connectivity index (χ1v) is 6.76. The normalized spacial score (nSPS) is 12.8. The van der Waals surface area contributed by atoms with Crippen LogP contribution < -0.4 is 0 Å². The van der Waals surface area contributed by atoms with Crippen molar-refractivity contribution in [1.82, 2.24) is 0 Å². The van der Waals surface area contributed by atoms with E-state index in [4.69, 9.17) is 15.3 Å². The van der Waals surface area contributed by atoms with Crippen molar-refractivity contribution in [3.05, 3.63) is 47.9 Å². The van der Waals surface area contributed by atoms with E-state index < -0.39 is 12.0 Å². The number of benzene rings is 1. The molecule has 0 aliphatic heterocycles. The van der Waals surface area contributed by atoms with Crippen LogP contribution in [0.5, 0.6) is 0 Å². The molecule has 1 aromatic carbocycles. The first-order chi connectivity index (χ1) is 10.2. The second-order valence-electron chi connectivity index (χ2n) is 4.59. The molecule has 0 spiro atoms. The number of hydrogen-bond acceptors (Lipinski definition) is 3. The van der Waals surface area contributed by atoms with Gasteiger partial charge in [0.1, 0.15) is 11.6 Å². The summed E-state index contributed by atoms with van der Waals surface area (Å²) in [6.07, 6.45) is 7.60. The molecule has 0 saturated carbocycles. The van der Waals surface area contributed by atoms with Gasteiger partial charge in [0, 0.05) is 38.2 Å². The summed E-state index contributed by atoms with van der Waals surface area (Å²) in [5.74, 6) is -0.957. The zero-order chi connectivity index (χ0) is 15.1. The molecule has 0 aliphatic rings. The van der Waals surface area contributed by atoms with Crippen molar-refractivity contribution in [2.24, 2.45) is 4.99 Å². The molecule has 116 valence electrons. The van der Waals surface area contributed by atoms with Crippen molar-refractivity contribution in [3.8, 4) is 0 Å². The molecular formula is C16H17N2O3W-. The van der Waals surface area contributed by atoms with Crippen LogP contribution in [0.25, 0.3) is 22.8 Å². The SMILES string of the molecule is [NH-]CCCC(N=C/C=C/c1coc2ccccc12)C(=O)O.[W]. The quantitative estimate of drug-likeness (QED) is 0.627. The average molecular weight is 469 g/mol. The number of carboxylic acids is 1. The van der Waals surface area contributed by atoms with Crippen molar-refractivity contribution in [3.63, 3.8) is 0 Å². The smallest absolute Gasteiger partial charge is 0.328 e. The molecule has 1 heterocycles. The van der Waals surface area contributed by atoms with Crippen LogP contribution in [-0.4, -0.2) is 29.9 Å². The number of carbonyl (C=O) groups is 1. The topological polar surface area (TPSA) is 86.6 Å². The number of nitrogens with one attached hydrogen (secondary N) is 1. The molecule has 1 atom stereocenters. The predicted molar refractivity (Wildman–Crippen MR) is 83.6 cm³/mol. The standard InChI is InChI=1S/C16H17N2O3.W/c17-9-3-7-14(16(19)20)18-10-4-5-12-11-21-15-8-2-1-6-13(12)15;/h1-2,4-6,8,10-11,14,17H,3,7,9H2,(H,19,20);/q-1;/b5-4+,18-10?;. The van der Waals surface area contributed by atoms with Gasteiger partial charge in [0.05, 0.1) is 6.26 Å². The first kappa shape index (κ1) is 18.3. The van der Waals surface area contributed by atoms with Crippen LogP contribution in [-0.2, 0) is 25.9 Å². The van der Waals surface area contributed by atoms with Gasteiger partial charge in [-0.1, -0.05) is 24.6 Å². The maximum atomic E-state index is 11.0. The third-order valence-corrected chi connectivity index (χ3v) is 3.08. The predicted octanol–water partition coefficient (Wildman–Crippen LogP) is 3.80. The van der Waals surface area contributed by atoms with Gasteiger partial charge in [-0.2, -0.15) is 6.54 Å². The van der Waals surface area contributed by atoms with Crippen LogP contribution >= 0.6 is 0 Å². The molecule has 0 aliphatic carbocycles. The third-order valence-electron chi connectivity index (χ3n) is 3.08. The minimum atomic E-state index is -0.957. The van der Waals surface area contributed by atoms with Gasteiger partial charge in [-0.25, -0.2) is 4.79 Å². The average Bonchev–Trinajstić information content (AvgIpc) is 2.89. The maximum absolute atomic E-state index is 11.0. The number of para-hydroxylation sites is 1. The molecule has 2 rings (SSSR count). The van der Waals surface area contributed by atoms with Gasteiger partial charge in [-0.15, -0.1) is 0 Å². The minimum absolute atomic E-state index is 0. The molecule has 1 unspecified atom stereocenters. The molecule has 0 radical (unpaired) electrons. The number of aliphatic carboxylic acids is 1. The number of aliphatic imine (C=N–C) groups is 1. The van der Waals surface area contributed by atoms with E-state index in [0.717, 1.165) is 16.5 Å². The number of hydrogen-bond donors (Lipinski definition) is 1. The van der Waals surface area contributed by atoms with Crippen LogP contribution in [0, 0.1) is 0 Å². The number of furan rings is 1. The van der Waals surface area contributed by atoms with E-state index in [1.165, 1.54) is 6.21 Å². The van der Waals surface area contributed by atoms with Gasteiger partial charge >= 0.3 is 5.97 Å². The summed E-state index contributed by atoms with van der Waals surface area (Å²) < 4.78 is 5.41. The van der Waals surface area contributed by atoms with Crippen LogP contribution in [0.1, 0.15) is 18.4 Å². The second kappa shape index (κ2) is 9.34. The number of allylic oxidation sites excluding steroid dienone is 1. The van der Waals surface area contributed by atoms with Gasteiger partial charge in [0.15, 0.2) is 0 Å². The van der Waals surface area contributed by atoms with E-state index in [0.29, 0.717) is 12.8 Å². The molecular weight excluding hydrogens is 452 g/mol. The minimum Gasteiger partial charge on any atom is -0.677 e. The van der Waals surface area contributed by atoms with E-state index >= 15 is 0 Å². The molecule has 0 amide bonds. The zero-order valence-electron chi connectivity index (χ0n) is 11.9. The van der Waals surface area contributed by atoms with Crippen LogP contribution in [0.2, 0.25) is 0 Å². The number of carboxylic acid groups (broad SMARTS) is 1. The molecule has 22 heavy (non-hydrogen) atoms. The Labute approximate surface area is 143 Å². The summed E-state index contributed by atoms with van der Waals surface area (Å²) in [6.45, 7) is 0.218. The summed E-state index contributed by atoms with van der Waals surface area (Å²) in [7, 11) is 0. The van der Waals surface area contributed by atoms with E-state index in [-0.39, 0.29) is 27.6 Å². The van der Waals surface area contributed by atoms with Crippen molar-refractivity contribution in [1.29, 1.82) is 0 Å². The molecule has 1 aromatic heterocycles. The Morgan fingerprint density at radius 1 is 1.41 bits per heavy atom. The Morgan fingerprint density at radius 3 is 2.91 bits per heavy atom. The molecule has 5 nitrogen and oxygen atoms in total. The number of fused-ring (bicyclic) bond motifs is 1. The fourth-order valence-electron chi connectivity index (χ4n) is 1.98. The second-order valence-corrected chi connectivity index (χ2v) is 4.59. The Bertz CT molecular complexity index is 664. The summed E-state index contributed by atoms with van der Waals surface area (Å²) >= 11 is 0. The summed E-state index contributed by atoms with van der Waals surface area (Å²) in [5, 5.41) is 10.0. The fourth-order valence-corrected chi connectivity index (χ4v) is 1.98. The number of rotatable bonds is 7. The van der Waals surface area contributed by atoms with Gasteiger partial charge in [-0.3, -0.25) is 4.99 Å². The molecule has 0 bridgehead atoms. The van der Waals surface area contributed by atoms with Crippen LogP contribution in [0.15, 0.2) is 46.0 Å². The largest absolute Gasteiger partial charge is 0.677 e. The summed E-state index contributed by atoms with van der Waals surface area (Å²) in [4.78, 5) is 15.0. The van der Waals surface area contributed by atoms with E-state index in [1.54, 1.807) is 12.3 Å². The van der Waals surface area contributed by atoms with Gasteiger partial charge in [0.2, 0.25) is 0 Å². The molecule has 2 N–H and O–H groups in total. The third kappa shape index (κ3) is 4.93. The summed E-state index contributed by atoms with van der Waals surface area (Å²) in [5.41, 5.74) is 8.79. The van der Waals surface area contributed by atoms with Crippen molar-refractivity contribution in [2.75, 3.05) is 6.54 Å². The Balaban J connectivity index is 0.00000242. The van der Waals surface area contributed by atoms with Crippen LogP contribution in [0.3, 0.4) is 0 Å². The van der Waals surface area contributed by atoms with Crippen molar-refractivity contribution < 1.29 is 35.4 Å². The van der Waals surface area contributed by atoms with E-state index in [1.807, 2.05) is 30.3 Å². The first-order valence-electron chi connectivity index (χ1n) is 6.76. The van der Waals surface area contributed by atoms with E-state index in [2.05, 4.69) is 4.99 Å². The van der Waals surface area contributed by atoms with E-state index in [9.17, 15) is 4.79 Å². The fraction of sp³-hybridized carbons (Fsp3) is 0.250.